The van der Waals surface area contributed by atoms with Gasteiger partial charge in [0.05, 0.1) is 12.5 Å². The van der Waals surface area contributed by atoms with Crippen molar-refractivity contribution in [3.63, 3.8) is 0 Å². The van der Waals surface area contributed by atoms with Crippen LogP contribution in [-0.4, -0.2) is 5.97 Å². The molecule has 2 fully saturated rings. The van der Waals surface area contributed by atoms with E-state index in [1.54, 1.807) is 18.6 Å². The fourth-order valence-electron chi connectivity index (χ4n) is 4.32. The number of fused-ring (bicyclic) bond motifs is 3. The molecule has 4 rings (SSSR count). The first-order chi connectivity index (χ1) is 9.04. The lowest BCUT2D eigenvalue weighted by Gasteiger charge is -2.46. The SMILES string of the molecule is CC12CC1CCC1(C)C2=CC(=O)OC1c1ccoc1. The number of furan rings is 1. The average Bonchev–Trinajstić information content (AvgIpc) is 2.83. The first kappa shape index (κ1) is 11.3. The van der Waals surface area contributed by atoms with Gasteiger partial charge in [-0.15, -0.1) is 0 Å². The highest BCUT2D eigenvalue weighted by Crippen LogP contribution is 2.71. The Labute approximate surface area is 112 Å². The maximum absolute atomic E-state index is 11.9. The first-order valence-electron chi connectivity index (χ1n) is 6.99. The monoisotopic (exact) mass is 258 g/mol. The third-order valence-electron chi connectivity index (χ3n) is 5.57. The van der Waals surface area contributed by atoms with E-state index in [1.807, 2.05) is 6.07 Å². The molecule has 2 aliphatic carbocycles. The van der Waals surface area contributed by atoms with E-state index < -0.39 is 0 Å². The third-order valence-corrected chi connectivity index (χ3v) is 5.57. The predicted molar refractivity (Wildman–Crippen MR) is 69.2 cm³/mol. The van der Waals surface area contributed by atoms with Crippen molar-refractivity contribution in [1.82, 2.24) is 0 Å². The zero-order chi connectivity index (χ0) is 13.3. The van der Waals surface area contributed by atoms with Crippen LogP contribution in [0.25, 0.3) is 0 Å². The molecule has 0 N–H and O–H groups in total. The van der Waals surface area contributed by atoms with Crippen molar-refractivity contribution in [3.8, 4) is 0 Å². The van der Waals surface area contributed by atoms with E-state index >= 15 is 0 Å². The van der Waals surface area contributed by atoms with Crippen LogP contribution in [0.4, 0.5) is 0 Å². The molecule has 0 bridgehead atoms. The Balaban J connectivity index is 1.84. The minimum Gasteiger partial charge on any atom is -0.472 e. The highest BCUT2D eigenvalue weighted by atomic mass is 16.5. The zero-order valence-electron chi connectivity index (χ0n) is 11.3. The highest BCUT2D eigenvalue weighted by Gasteiger charge is 2.63. The van der Waals surface area contributed by atoms with E-state index in [4.69, 9.17) is 9.15 Å². The van der Waals surface area contributed by atoms with E-state index in [2.05, 4.69) is 13.8 Å². The van der Waals surface area contributed by atoms with Gasteiger partial charge >= 0.3 is 5.97 Å². The lowest BCUT2D eigenvalue weighted by atomic mass is 9.62. The molecule has 2 heterocycles. The van der Waals surface area contributed by atoms with Crippen molar-refractivity contribution in [2.75, 3.05) is 0 Å². The molecular weight excluding hydrogens is 240 g/mol. The van der Waals surface area contributed by atoms with Crippen LogP contribution in [0.3, 0.4) is 0 Å². The minimum atomic E-state index is -0.201. The largest absolute Gasteiger partial charge is 0.472 e. The van der Waals surface area contributed by atoms with Gasteiger partial charge in [-0.25, -0.2) is 4.79 Å². The van der Waals surface area contributed by atoms with Gasteiger partial charge in [-0.3, -0.25) is 0 Å². The Kier molecular flexibility index (Phi) is 1.98. The van der Waals surface area contributed by atoms with Crippen LogP contribution in [0.5, 0.6) is 0 Å². The molecule has 1 aliphatic heterocycles. The summed E-state index contributed by atoms with van der Waals surface area (Å²) in [4.78, 5) is 11.9. The fourth-order valence-corrected chi connectivity index (χ4v) is 4.32. The summed E-state index contributed by atoms with van der Waals surface area (Å²) in [5.41, 5.74) is 2.44. The van der Waals surface area contributed by atoms with E-state index in [9.17, 15) is 4.79 Å². The molecule has 19 heavy (non-hydrogen) atoms. The molecule has 4 unspecified atom stereocenters. The van der Waals surface area contributed by atoms with Crippen LogP contribution in [0.2, 0.25) is 0 Å². The fraction of sp³-hybridized carbons (Fsp3) is 0.562. The van der Waals surface area contributed by atoms with Crippen LogP contribution in [-0.2, 0) is 9.53 Å². The van der Waals surface area contributed by atoms with Gasteiger partial charge in [0.2, 0.25) is 0 Å². The number of hydrogen-bond donors (Lipinski definition) is 0. The molecule has 1 aromatic heterocycles. The molecule has 3 aliphatic rings. The van der Waals surface area contributed by atoms with Crippen molar-refractivity contribution in [2.45, 2.75) is 39.2 Å². The van der Waals surface area contributed by atoms with Gasteiger partial charge in [-0.2, -0.15) is 0 Å². The highest BCUT2D eigenvalue weighted by molar-refractivity contribution is 5.85. The molecule has 100 valence electrons. The van der Waals surface area contributed by atoms with E-state index in [0.29, 0.717) is 0 Å². The second kappa shape index (κ2) is 3.33. The summed E-state index contributed by atoms with van der Waals surface area (Å²) >= 11 is 0. The Morgan fingerprint density at radius 2 is 2.16 bits per heavy atom. The van der Waals surface area contributed by atoms with Crippen molar-refractivity contribution in [2.24, 2.45) is 16.7 Å². The predicted octanol–water partition coefficient (Wildman–Crippen LogP) is 3.63. The normalized spacial score (nSPS) is 43.9. The molecule has 0 radical (unpaired) electrons. The van der Waals surface area contributed by atoms with Crippen LogP contribution in [0.1, 0.15) is 44.8 Å². The maximum Gasteiger partial charge on any atom is 0.331 e. The quantitative estimate of drug-likeness (QED) is 0.722. The molecule has 1 aromatic rings. The second-order valence-electron chi connectivity index (χ2n) is 6.71. The molecular formula is C16H18O3. The number of hydrogen-bond acceptors (Lipinski definition) is 3. The molecule has 4 atom stereocenters. The van der Waals surface area contributed by atoms with Crippen LogP contribution in [0, 0.1) is 16.7 Å². The molecule has 0 aromatic carbocycles. The van der Waals surface area contributed by atoms with Gasteiger partial charge in [-0.1, -0.05) is 13.8 Å². The first-order valence-corrected chi connectivity index (χ1v) is 6.99. The standard InChI is InChI=1S/C16H18O3/c1-15-5-3-11-8-16(11,2)12(15)7-13(17)19-14(15)10-4-6-18-9-10/h4,6-7,9,11,14H,3,5,8H2,1-2H3. The summed E-state index contributed by atoms with van der Waals surface area (Å²) in [6.45, 7) is 4.54. The molecule has 0 saturated heterocycles. The van der Waals surface area contributed by atoms with Gasteiger partial charge < -0.3 is 9.15 Å². The van der Waals surface area contributed by atoms with Gasteiger partial charge in [-0.05, 0) is 42.2 Å². The Morgan fingerprint density at radius 1 is 1.32 bits per heavy atom. The molecule has 3 heteroatoms. The molecule has 0 spiro atoms. The molecule has 3 nitrogen and oxygen atoms in total. The minimum absolute atomic E-state index is 0.0699. The van der Waals surface area contributed by atoms with E-state index in [-0.39, 0.29) is 22.9 Å². The van der Waals surface area contributed by atoms with Crippen LogP contribution >= 0.6 is 0 Å². The van der Waals surface area contributed by atoms with Crippen molar-refractivity contribution in [3.05, 3.63) is 35.8 Å². The van der Waals surface area contributed by atoms with Gasteiger partial charge in [0, 0.05) is 17.1 Å². The Bertz CT molecular complexity index is 571. The Morgan fingerprint density at radius 3 is 2.89 bits per heavy atom. The lowest BCUT2D eigenvalue weighted by Crippen LogP contribution is -2.40. The summed E-state index contributed by atoms with van der Waals surface area (Å²) < 4.78 is 10.8. The van der Waals surface area contributed by atoms with Gasteiger partial charge in [0.25, 0.3) is 0 Å². The van der Waals surface area contributed by atoms with E-state index in [0.717, 1.165) is 17.9 Å². The third kappa shape index (κ3) is 1.36. The van der Waals surface area contributed by atoms with E-state index in [1.165, 1.54) is 18.4 Å². The van der Waals surface area contributed by atoms with Crippen molar-refractivity contribution >= 4 is 5.97 Å². The van der Waals surface area contributed by atoms with Crippen molar-refractivity contribution in [1.29, 1.82) is 0 Å². The Hall–Kier alpha value is -1.51. The summed E-state index contributed by atoms with van der Waals surface area (Å²) in [5, 5.41) is 0. The number of cyclic esters (lactones) is 1. The number of ether oxygens (including phenoxy) is 1. The number of esters is 1. The summed E-state index contributed by atoms with van der Waals surface area (Å²) in [7, 11) is 0. The molecule has 2 saturated carbocycles. The maximum atomic E-state index is 11.9. The molecule has 0 amide bonds. The lowest BCUT2D eigenvalue weighted by molar-refractivity contribution is -0.153. The van der Waals surface area contributed by atoms with Crippen LogP contribution < -0.4 is 0 Å². The topological polar surface area (TPSA) is 39.4 Å². The van der Waals surface area contributed by atoms with Crippen molar-refractivity contribution < 1.29 is 13.9 Å². The number of carbonyl (C=O) groups is 1. The van der Waals surface area contributed by atoms with Crippen LogP contribution in [0.15, 0.2) is 34.7 Å². The number of rotatable bonds is 1. The van der Waals surface area contributed by atoms with Gasteiger partial charge in [0.15, 0.2) is 0 Å². The summed E-state index contributed by atoms with van der Waals surface area (Å²) in [5.74, 6) is 0.565. The number of carbonyl (C=O) groups excluding carboxylic acids is 1. The zero-order valence-corrected chi connectivity index (χ0v) is 11.3. The smallest absolute Gasteiger partial charge is 0.331 e. The summed E-state index contributed by atoms with van der Waals surface area (Å²) in [6.07, 6.45) is 8.45. The average molecular weight is 258 g/mol. The van der Waals surface area contributed by atoms with Gasteiger partial charge in [0.1, 0.15) is 6.10 Å². The summed E-state index contributed by atoms with van der Waals surface area (Å²) in [6, 6.07) is 1.91. The second-order valence-corrected chi connectivity index (χ2v) is 6.71.